The highest BCUT2D eigenvalue weighted by atomic mass is 16.5. The zero-order chi connectivity index (χ0) is 15.1. The molecule has 6 heteroatoms. The molecule has 0 bridgehead atoms. The molecule has 116 valence electrons. The fourth-order valence-electron chi connectivity index (χ4n) is 2.48. The molecule has 1 aromatic heterocycles. The van der Waals surface area contributed by atoms with Crippen molar-refractivity contribution in [1.82, 2.24) is 10.3 Å². The number of hydrogen-bond acceptors (Lipinski definition) is 5. The van der Waals surface area contributed by atoms with Crippen LogP contribution in [0.5, 0.6) is 5.88 Å². The van der Waals surface area contributed by atoms with Gasteiger partial charge in [0.2, 0.25) is 11.8 Å². The molecule has 0 aliphatic carbocycles. The van der Waals surface area contributed by atoms with Gasteiger partial charge in [-0.15, -0.1) is 0 Å². The van der Waals surface area contributed by atoms with Gasteiger partial charge in [-0.2, -0.15) is 0 Å². The second kappa shape index (κ2) is 7.38. The zero-order valence-corrected chi connectivity index (χ0v) is 12.6. The van der Waals surface area contributed by atoms with Crippen LogP contribution in [-0.2, 0) is 9.53 Å². The van der Waals surface area contributed by atoms with Crippen molar-refractivity contribution in [1.29, 1.82) is 0 Å². The first-order valence-electron chi connectivity index (χ1n) is 7.34. The van der Waals surface area contributed by atoms with E-state index in [4.69, 9.17) is 9.47 Å². The molecule has 1 amide bonds. The largest absolute Gasteiger partial charge is 0.475 e. The fraction of sp³-hybridized carbons (Fsp3) is 0.600. The van der Waals surface area contributed by atoms with Crippen molar-refractivity contribution in [3.63, 3.8) is 0 Å². The third-order valence-corrected chi connectivity index (χ3v) is 3.81. The summed E-state index contributed by atoms with van der Waals surface area (Å²) in [7, 11) is 1.62. The lowest BCUT2D eigenvalue weighted by Gasteiger charge is -2.26. The number of amides is 1. The van der Waals surface area contributed by atoms with Crippen molar-refractivity contribution < 1.29 is 14.3 Å². The summed E-state index contributed by atoms with van der Waals surface area (Å²) in [5.41, 5.74) is 0.244. The normalized spacial score (nSPS) is 21.2. The minimum Gasteiger partial charge on any atom is -0.475 e. The monoisotopic (exact) mass is 293 g/mol. The lowest BCUT2D eigenvalue weighted by atomic mass is 9.93. The van der Waals surface area contributed by atoms with Crippen LogP contribution in [0.25, 0.3) is 0 Å². The third-order valence-electron chi connectivity index (χ3n) is 3.81. The molecule has 2 N–H and O–H groups in total. The van der Waals surface area contributed by atoms with Crippen molar-refractivity contribution in [2.24, 2.45) is 0 Å². The van der Waals surface area contributed by atoms with Crippen molar-refractivity contribution in [2.45, 2.75) is 31.7 Å². The quantitative estimate of drug-likeness (QED) is 0.747. The Balaban J connectivity index is 1.92. The molecule has 2 heterocycles. The highest BCUT2D eigenvalue weighted by Gasteiger charge is 2.39. The molecule has 2 rings (SSSR count). The van der Waals surface area contributed by atoms with Crippen LogP contribution in [0.1, 0.15) is 26.2 Å². The van der Waals surface area contributed by atoms with Gasteiger partial charge in [0.15, 0.2) is 0 Å². The van der Waals surface area contributed by atoms with Gasteiger partial charge in [0.25, 0.3) is 0 Å². The molecule has 1 aliphatic rings. The topological polar surface area (TPSA) is 72.5 Å². The van der Waals surface area contributed by atoms with E-state index in [1.54, 1.807) is 25.4 Å². The van der Waals surface area contributed by atoms with Gasteiger partial charge in [-0.25, -0.2) is 4.98 Å². The standard InChI is InChI=1S/C15H23N3O3/c1-3-15(7-4-8-17-15)14(19)18-12-5-6-13(16-11-12)21-10-9-20-2/h5-6,11,17H,3-4,7-10H2,1-2H3,(H,18,19). The van der Waals surface area contributed by atoms with Crippen LogP contribution in [0, 0.1) is 0 Å². The van der Waals surface area contributed by atoms with Crippen LogP contribution < -0.4 is 15.4 Å². The molecule has 1 atom stereocenters. The van der Waals surface area contributed by atoms with Gasteiger partial charge in [-0.3, -0.25) is 4.79 Å². The van der Waals surface area contributed by atoms with E-state index in [0.717, 1.165) is 25.8 Å². The Morgan fingerprint density at radius 2 is 2.33 bits per heavy atom. The Hall–Kier alpha value is -1.66. The number of ether oxygens (including phenoxy) is 2. The maximum Gasteiger partial charge on any atom is 0.244 e. The maximum absolute atomic E-state index is 12.4. The number of nitrogens with one attached hydrogen (secondary N) is 2. The molecule has 1 saturated heterocycles. The van der Waals surface area contributed by atoms with E-state index < -0.39 is 5.54 Å². The number of rotatable bonds is 7. The summed E-state index contributed by atoms with van der Waals surface area (Å²) >= 11 is 0. The van der Waals surface area contributed by atoms with E-state index in [2.05, 4.69) is 15.6 Å². The predicted molar refractivity (Wildman–Crippen MR) is 80.5 cm³/mol. The van der Waals surface area contributed by atoms with E-state index in [1.807, 2.05) is 6.92 Å². The number of carbonyl (C=O) groups is 1. The lowest BCUT2D eigenvalue weighted by molar-refractivity contribution is -0.122. The van der Waals surface area contributed by atoms with E-state index in [1.165, 1.54) is 0 Å². The van der Waals surface area contributed by atoms with Crippen LogP contribution in [0.4, 0.5) is 5.69 Å². The Bertz CT molecular complexity index is 456. The maximum atomic E-state index is 12.4. The molecule has 1 aliphatic heterocycles. The Morgan fingerprint density at radius 1 is 1.48 bits per heavy atom. The number of pyridine rings is 1. The molecule has 0 aromatic carbocycles. The summed E-state index contributed by atoms with van der Waals surface area (Å²) in [4.78, 5) is 16.6. The minimum atomic E-state index is -0.437. The molecule has 6 nitrogen and oxygen atoms in total. The van der Waals surface area contributed by atoms with Crippen molar-refractivity contribution in [2.75, 3.05) is 32.2 Å². The van der Waals surface area contributed by atoms with Gasteiger partial charge >= 0.3 is 0 Å². The molecular weight excluding hydrogens is 270 g/mol. The van der Waals surface area contributed by atoms with Crippen molar-refractivity contribution in [3.05, 3.63) is 18.3 Å². The van der Waals surface area contributed by atoms with Crippen LogP contribution in [0.3, 0.4) is 0 Å². The Morgan fingerprint density at radius 3 is 2.90 bits per heavy atom. The van der Waals surface area contributed by atoms with Gasteiger partial charge < -0.3 is 20.1 Å². The third kappa shape index (κ3) is 3.92. The number of carbonyl (C=O) groups excluding carboxylic acids is 1. The first-order chi connectivity index (χ1) is 10.2. The van der Waals surface area contributed by atoms with Gasteiger partial charge in [0, 0.05) is 13.2 Å². The summed E-state index contributed by atoms with van der Waals surface area (Å²) < 4.78 is 10.3. The molecule has 1 fully saturated rings. The Labute approximate surface area is 125 Å². The first kappa shape index (κ1) is 15.7. The van der Waals surface area contributed by atoms with Gasteiger partial charge in [0.1, 0.15) is 6.61 Å². The second-order valence-corrected chi connectivity index (χ2v) is 5.15. The number of methoxy groups -OCH3 is 1. The highest BCUT2D eigenvalue weighted by molar-refractivity contribution is 5.98. The molecule has 0 saturated carbocycles. The predicted octanol–water partition coefficient (Wildman–Crippen LogP) is 1.58. The van der Waals surface area contributed by atoms with E-state index >= 15 is 0 Å². The average Bonchev–Trinajstić information content (AvgIpc) is 2.99. The fourth-order valence-corrected chi connectivity index (χ4v) is 2.48. The van der Waals surface area contributed by atoms with Crippen molar-refractivity contribution in [3.8, 4) is 5.88 Å². The molecule has 1 aromatic rings. The molecule has 21 heavy (non-hydrogen) atoms. The zero-order valence-electron chi connectivity index (χ0n) is 12.6. The molecule has 0 spiro atoms. The minimum absolute atomic E-state index is 0.0114. The van der Waals surface area contributed by atoms with Crippen LogP contribution >= 0.6 is 0 Å². The SMILES string of the molecule is CCC1(C(=O)Nc2ccc(OCCOC)nc2)CCCN1. The summed E-state index contributed by atoms with van der Waals surface area (Å²) in [5, 5.41) is 6.24. The first-order valence-corrected chi connectivity index (χ1v) is 7.34. The summed E-state index contributed by atoms with van der Waals surface area (Å²) in [5.74, 6) is 0.534. The highest BCUT2D eigenvalue weighted by Crippen LogP contribution is 2.25. The Kier molecular flexibility index (Phi) is 5.52. The number of hydrogen-bond donors (Lipinski definition) is 2. The second-order valence-electron chi connectivity index (χ2n) is 5.15. The summed E-state index contributed by atoms with van der Waals surface area (Å²) in [6.07, 6.45) is 4.30. The summed E-state index contributed by atoms with van der Waals surface area (Å²) in [6.45, 7) is 3.90. The van der Waals surface area contributed by atoms with E-state index in [-0.39, 0.29) is 5.91 Å². The number of anilines is 1. The van der Waals surface area contributed by atoms with Gasteiger partial charge in [0.05, 0.1) is 24.0 Å². The lowest BCUT2D eigenvalue weighted by Crippen LogP contribution is -2.50. The smallest absolute Gasteiger partial charge is 0.244 e. The van der Waals surface area contributed by atoms with E-state index in [0.29, 0.717) is 24.8 Å². The number of aromatic nitrogens is 1. The molecule has 0 radical (unpaired) electrons. The summed E-state index contributed by atoms with van der Waals surface area (Å²) in [6, 6.07) is 3.54. The van der Waals surface area contributed by atoms with Crippen molar-refractivity contribution >= 4 is 11.6 Å². The average molecular weight is 293 g/mol. The van der Waals surface area contributed by atoms with Gasteiger partial charge in [-0.05, 0) is 31.9 Å². The van der Waals surface area contributed by atoms with Gasteiger partial charge in [-0.1, -0.05) is 6.92 Å². The molecule has 1 unspecified atom stereocenters. The molecular formula is C15H23N3O3. The number of nitrogens with zero attached hydrogens (tertiary/aromatic N) is 1. The van der Waals surface area contributed by atoms with E-state index in [9.17, 15) is 4.79 Å². The van der Waals surface area contributed by atoms with Crippen LogP contribution in [0.2, 0.25) is 0 Å². The van der Waals surface area contributed by atoms with Crippen LogP contribution in [-0.4, -0.2) is 43.3 Å². The van der Waals surface area contributed by atoms with Crippen LogP contribution in [0.15, 0.2) is 18.3 Å².